The first-order valence-corrected chi connectivity index (χ1v) is 11.4. The van der Waals surface area contributed by atoms with Crippen LogP contribution in [-0.4, -0.2) is 47.3 Å². The lowest BCUT2D eigenvalue weighted by atomic mass is 9.43. The molecule has 4 aliphatic carbocycles. The molecule has 5 fully saturated rings. The summed E-state index contributed by atoms with van der Waals surface area (Å²) in [5.74, 6) is 0.763. The zero-order valence-electron chi connectivity index (χ0n) is 18.9. The molecule has 0 aromatic heterocycles. The number of hydrogen-bond donors (Lipinski definition) is 2. The minimum Gasteiger partial charge on any atom is -0.444 e. The SMILES string of the molecule is CC12CC3CC(C)(C1)CC(NC(=O)NC1CCN(C(=O)OC(C)(C)C)CC1)(C3)C2. The molecular weight excluding hydrogens is 366 g/mol. The van der Waals surface area contributed by atoms with Crippen molar-refractivity contribution >= 4 is 12.1 Å². The second-order valence-corrected chi connectivity index (χ2v) is 12.3. The summed E-state index contributed by atoms with van der Waals surface area (Å²) in [5, 5.41) is 6.63. The predicted octanol–water partition coefficient (Wildman–Crippen LogP) is 4.43. The van der Waals surface area contributed by atoms with E-state index in [1.807, 2.05) is 20.8 Å². The summed E-state index contributed by atoms with van der Waals surface area (Å²) < 4.78 is 5.46. The number of carbonyl (C=O) groups excluding carboxylic acids is 2. The Balaban J connectivity index is 1.29. The van der Waals surface area contributed by atoms with Gasteiger partial charge in [-0.15, -0.1) is 0 Å². The number of nitrogens with zero attached hydrogens (tertiary/aromatic N) is 1. The van der Waals surface area contributed by atoms with E-state index in [1.54, 1.807) is 4.90 Å². The average molecular weight is 406 g/mol. The van der Waals surface area contributed by atoms with E-state index in [2.05, 4.69) is 24.5 Å². The van der Waals surface area contributed by atoms with Crippen LogP contribution in [0, 0.1) is 16.7 Å². The molecule has 5 rings (SSSR count). The quantitative estimate of drug-likeness (QED) is 0.714. The fourth-order valence-corrected chi connectivity index (χ4v) is 7.58. The third-order valence-electron chi connectivity index (χ3n) is 7.49. The van der Waals surface area contributed by atoms with Crippen LogP contribution >= 0.6 is 0 Å². The molecule has 1 aliphatic heterocycles. The molecule has 164 valence electrons. The minimum atomic E-state index is -0.475. The van der Waals surface area contributed by atoms with Crippen LogP contribution in [0.25, 0.3) is 0 Å². The van der Waals surface area contributed by atoms with Gasteiger partial charge < -0.3 is 20.3 Å². The Hall–Kier alpha value is -1.46. The summed E-state index contributed by atoms with van der Waals surface area (Å²) in [6.45, 7) is 11.8. The van der Waals surface area contributed by atoms with Crippen molar-refractivity contribution in [2.75, 3.05) is 13.1 Å². The molecule has 2 unspecified atom stereocenters. The Morgan fingerprint density at radius 2 is 1.55 bits per heavy atom. The Morgan fingerprint density at radius 3 is 2.07 bits per heavy atom. The van der Waals surface area contributed by atoms with E-state index in [-0.39, 0.29) is 23.7 Å². The van der Waals surface area contributed by atoms with Crippen LogP contribution in [0.1, 0.15) is 86.0 Å². The van der Waals surface area contributed by atoms with E-state index >= 15 is 0 Å². The second-order valence-electron chi connectivity index (χ2n) is 12.3. The van der Waals surface area contributed by atoms with Gasteiger partial charge in [0.15, 0.2) is 0 Å². The summed E-state index contributed by atoms with van der Waals surface area (Å²) in [4.78, 5) is 26.9. The molecule has 2 atom stereocenters. The van der Waals surface area contributed by atoms with E-state index < -0.39 is 5.60 Å². The van der Waals surface area contributed by atoms with Gasteiger partial charge >= 0.3 is 12.1 Å². The maximum atomic E-state index is 12.9. The molecule has 1 saturated heterocycles. The first-order valence-electron chi connectivity index (χ1n) is 11.4. The lowest BCUT2D eigenvalue weighted by Crippen LogP contribution is -2.66. The predicted molar refractivity (Wildman–Crippen MR) is 113 cm³/mol. The molecule has 0 aromatic rings. The fourth-order valence-electron chi connectivity index (χ4n) is 7.58. The highest BCUT2D eigenvalue weighted by atomic mass is 16.6. The standard InChI is InChI=1S/C23H39N3O3/c1-20(2,3)29-19(28)26-8-6-17(7-9-26)24-18(27)25-23-12-16-10-21(4,14-23)13-22(5,11-16)15-23/h16-17H,6-15H2,1-5H3,(H2,24,25,27). The van der Waals surface area contributed by atoms with Crippen LogP contribution in [0.15, 0.2) is 0 Å². The van der Waals surface area contributed by atoms with Crippen LogP contribution in [0.3, 0.4) is 0 Å². The molecular formula is C23H39N3O3. The zero-order valence-corrected chi connectivity index (χ0v) is 18.9. The number of rotatable bonds is 2. The molecule has 29 heavy (non-hydrogen) atoms. The van der Waals surface area contributed by atoms with Crippen molar-refractivity contribution in [2.45, 2.75) is 103 Å². The number of carbonyl (C=O) groups is 2. The van der Waals surface area contributed by atoms with E-state index in [9.17, 15) is 9.59 Å². The van der Waals surface area contributed by atoms with E-state index in [4.69, 9.17) is 4.74 Å². The van der Waals surface area contributed by atoms with Gasteiger partial charge in [0.1, 0.15) is 5.60 Å². The van der Waals surface area contributed by atoms with Crippen LogP contribution in [0.4, 0.5) is 9.59 Å². The molecule has 0 aromatic carbocycles. The van der Waals surface area contributed by atoms with Crippen molar-refractivity contribution < 1.29 is 14.3 Å². The van der Waals surface area contributed by atoms with E-state index in [1.165, 1.54) is 19.3 Å². The highest BCUT2D eigenvalue weighted by Crippen LogP contribution is 2.66. The molecule has 6 heteroatoms. The van der Waals surface area contributed by atoms with Crippen molar-refractivity contribution in [1.82, 2.24) is 15.5 Å². The summed E-state index contributed by atoms with van der Waals surface area (Å²) in [6, 6.07) is 0.101. The van der Waals surface area contributed by atoms with Gasteiger partial charge in [-0.25, -0.2) is 9.59 Å². The van der Waals surface area contributed by atoms with Crippen LogP contribution in [-0.2, 0) is 4.74 Å². The number of amides is 3. The maximum Gasteiger partial charge on any atom is 0.410 e. The molecule has 2 N–H and O–H groups in total. The third-order valence-corrected chi connectivity index (χ3v) is 7.49. The Bertz CT molecular complexity index is 659. The van der Waals surface area contributed by atoms with Gasteiger partial charge in [0.25, 0.3) is 0 Å². The number of likely N-dealkylation sites (tertiary alicyclic amines) is 1. The third kappa shape index (κ3) is 4.51. The van der Waals surface area contributed by atoms with Gasteiger partial charge in [0, 0.05) is 24.7 Å². The first kappa shape index (κ1) is 20.8. The molecule has 1 heterocycles. The molecule has 4 saturated carbocycles. The second kappa shape index (κ2) is 6.78. The average Bonchev–Trinajstić information content (AvgIpc) is 2.49. The summed E-state index contributed by atoms with van der Waals surface area (Å²) in [5.41, 5.74) is 0.280. The Morgan fingerprint density at radius 1 is 0.966 bits per heavy atom. The lowest BCUT2D eigenvalue weighted by Gasteiger charge is -2.65. The van der Waals surface area contributed by atoms with E-state index in [0.717, 1.165) is 38.0 Å². The van der Waals surface area contributed by atoms with Gasteiger partial charge in [0.05, 0.1) is 0 Å². The van der Waals surface area contributed by atoms with Gasteiger partial charge in [-0.2, -0.15) is 0 Å². The van der Waals surface area contributed by atoms with Crippen molar-refractivity contribution in [3.63, 3.8) is 0 Å². The summed E-state index contributed by atoms with van der Waals surface area (Å²) in [6.07, 6.45) is 8.65. The molecule has 4 bridgehead atoms. The molecule has 3 amide bonds. The van der Waals surface area contributed by atoms with Crippen LogP contribution in [0.5, 0.6) is 0 Å². The number of nitrogens with one attached hydrogen (secondary N) is 2. The van der Waals surface area contributed by atoms with E-state index in [0.29, 0.717) is 23.9 Å². The molecule has 5 aliphatic rings. The molecule has 6 nitrogen and oxygen atoms in total. The van der Waals surface area contributed by atoms with Gasteiger partial charge in [-0.05, 0) is 88.9 Å². The monoisotopic (exact) mass is 405 g/mol. The highest BCUT2D eigenvalue weighted by molar-refractivity contribution is 5.75. The largest absolute Gasteiger partial charge is 0.444 e. The highest BCUT2D eigenvalue weighted by Gasteiger charge is 2.60. The van der Waals surface area contributed by atoms with Gasteiger partial charge in [-0.3, -0.25) is 0 Å². The minimum absolute atomic E-state index is 0.0186. The maximum absolute atomic E-state index is 12.9. The van der Waals surface area contributed by atoms with Crippen molar-refractivity contribution in [3.8, 4) is 0 Å². The lowest BCUT2D eigenvalue weighted by molar-refractivity contribution is -0.113. The normalized spacial score (nSPS) is 39.3. The zero-order chi connectivity index (χ0) is 21.1. The smallest absolute Gasteiger partial charge is 0.410 e. The van der Waals surface area contributed by atoms with Gasteiger partial charge in [0.2, 0.25) is 0 Å². The molecule has 0 radical (unpaired) electrons. The van der Waals surface area contributed by atoms with Crippen molar-refractivity contribution in [3.05, 3.63) is 0 Å². The topological polar surface area (TPSA) is 70.7 Å². The van der Waals surface area contributed by atoms with Crippen molar-refractivity contribution in [2.24, 2.45) is 16.7 Å². The van der Waals surface area contributed by atoms with Crippen molar-refractivity contribution in [1.29, 1.82) is 0 Å². The van der Waals surface area contributed by atoms with Gasteiger partial charge in [-0.1, -0.05) is 13.8 Å². The van der Waals surface area contributed by atoms with Crippen LogP contribution < -0.4 is 10.6 Å². The first-order chi connectivity index (χ1) is 13.4. The number of ether oxygens (including phenoxy) is 1. The number of hydrogen-bond acceptors (Lipinski definition) is 3. The summed E-state index contributed by atoms with van der Waals surface area (Å²) in [7, 11) is 0. The number of urea groups is 1. The fraction of sp³-hybridized carbons (Fsp3) is 0.913. The Labute approximate surface area is 175 Å². The Kier molecular flexibility index (Phi) is 4.86. The number of piperidine rings is 1. The van der Waals surface area contributed by atoms with Crippen LogP contribution in [0.2, 0.25) is 0 Å². The molecule has 0 spiro atoms. The summed E-state index contributed by atoms with van der Waals surface area (Å²) >= 11 is 0.